The second-order valence-electron chi connectivity index (χ2n) is 7.28. The fourth-order valence-electron chi connectivity index (χ4n) is 3.40. The Balaban J connectivity index is 0.00000420. The monoisotopic (exact) mass is 518 g/mol. The van der Waals surface area contributed by atoms with Crippen molar-refractivity contribution in [3.63, 3.8) is 0 Å². The summed E-state index contributed by atoms with van der Waals surface area (Å²) in [4.78, 5) is 7.30. The molecule has 6 nitrogen and oxygen atoms in total. The number of guanidine groups is 1. The Morgan fingerprint density at radius 1 is 1.21 bits per heavy atom. The molecule has 7 heteroatoms. The summed E-state index contributed by atoms with van der Waals surface area (Å²) in [6.45, 7) is 16.2. The molecule has 0 amide bonds. The first-order valence-corrected chi connectivity index (χ1v) is 10.7. The van der Waals surface area contributed by atoms with E-state index in [-0.39, 0.29) is 24.0 Å². The van der Waals surface area contributed by atoms with Gasteiger partial charge in [0.25, 0.3) is 0 Å². The highest BCUT2D eigenvalue weighted by Gasteiger charge is 2.21. The van der Waals surface area contributed by atoms with Gasteiger partial charge in [0, 0.05) is 31.8 Å². The third-order valence-corrected chi connectivity index (χ3v) is 5.04. The molecule has 1 atom stereocenters. The van der Waals surface area contributed by atoms with Crippen molar-refractivity contribution in [2.45, 2.75) is 40.7 Å². The first-order chi connectivity index (χ1) is 13.7. The highest BCUT2D eigenvalue weighted by atomic mass is 127. The van der Waals surface area contributed by atoms with Crippen LogP contribution in [0.5, 0.6) is 5.75 Å². The Labute approximate surface area is 193 Å². The highest BCUT2D eigenvalue weighted by molar-refractivity contribution is 14.0. The molecule has 1 aromatic rings. The molecule has 0 aromatic heterocycles. The van der Waals surface area contributed by atoms with Crippen molar-refractivity contribution in [2.75, 3.05) is 52.5 Å². The van der Waals surface area contributed by atoms with Gasteiger partial charge in [-0.3, -0.25) is 0 Å². The van der Waals surface area contributed by atoms with Crippen LogP contribution in [0.25, 0.3) is 0 Å². The molecular formula is C22H39IN4O2. The van der Waals surface area contributed by atoms with E-state index in [9.17, 15) is 0 Å². The first kappa shape index (κ1) is 26.0. The maximum Gasteiger partial charge on any atom is 0.191 e. The smallest absolute Gasteiger partial charge is 0.191 e. The summed E-state index contributed by atoms with van der Waals surface area (Å²) in [5.74, 6) is 2.47. The van der Waals surface area contributed by atoms with Crippen LogP contribution in [0, 0.1) is 12.8 Å². The van der Waals surface area contributed by atoms with Crippen LogP contribution < -0.4 is 15.4 Å². The average molecular weight is 518 g/mol. The van der Waals surface area contributed by atoms with Gasteiger partial charge in [-0.1, -0.05) is 19.1 Å². The quantitative estimate of drug-likeness (QED) is 0.204. The van der Waals surface area contributed by atoms with E-state index < -0.39 is 0 Å². The predicted octanol–water partition coefficient (Wildman–Crippen LogP) is 3.43. The zero-order valence-corrected chi connectivity index (χ0v) is 20.8. The van der Waals surface area contributed by atoms with Crippen molar-refractivity contribution in [3.05, 3.63) is 29.3 Å². The molecule has 0 aliphatic carbocycles. The van der Waals surface area contributed by atoms with Crippen molar-refractivity contribution in [1.82, 2.24) is 15.5 Å². The maximum absolute atomic E-state index is 5.94. The van der Waals surface area contributed by atoms with Gasteiger partial charge in [-0.15, -0.1) is 24.0 Å². The minimum Gasteiger partial charge on any atom is -0.491 e. The number of benzene rings is 1. The molecule has 166 valence electrons. The Hall–Kier alpha value is -1.06. The van der Waals surface area contributed by atoms with Crippen LogP contribution in [-0.4, -0.2) is 63.4 Å². The Kier molecular flexibility index (Phi) is 13.3. The number of halogens is 1. The number of ether oxygens (including phenoxy) is 2. The zero-order valence-electron chi connectivity index (χ0n) is 18.5. The number of rotatable bonds is 11. The van der Waals surface area contributed by atoms with Gasteiger partial charge in [0.15, 0.2) is 5.96 Å². The van der Waals surface area contributed by atoms with Crippen LogP contribution in [-0.2, 0) is 11.3 Å². The lowest BCUT2D eigenvalue weighted by Crippen LogP contribution is -2.40. The molecule has 0 bridgehead atoms. The van der Waals surface area contributed by atoms with E-state index in [1.807, 2.05) is 6.92 Å². The van der Waals surface area contributed by atoms with Crippen LogP contribution in [0.15, 0.2) is 23.2 Å². The second-order valence-corrected chi connectivity index (χ2v) is 7.28. The molecule has 0 saturated carbocycles. The summed E-state index contributed by atoms with van der Waals surface area (Å²) in [6, 6.07) is 6.29. The molecule has 1 saturated heterocycles. The van der Waals surface area contributed by atoms with E-state index in [0.717, 1.165) is 36.9 Å². The summed E-state index contributed by atoms with van der Waals surface area (Å²) in [5.41, 5.74) is 2.28. The van der Waals surface area contributed by atoms with Gasteiger partial charge in [-0.05, 0) is 57.8 Å². The number of aliphatic imine (C=N–C) groups is 1. The van der Waals surface area contributed by atoms with Crippen LogP contribution in [0.1, 0.15) is 38.3 Å². The number of nitrogens with one attached hydrogen (secondary N) is 2. The fourth-order valence-corrected chi connectivity index (χ4v) is 3.40. The van der Waals surface area contributed by atoms with Crippen LogP contribution >= 0.6 is 24.0 Å². The zero-order chi connectivity index (χ0) is 20.2. The molecule has 1 aliphatic heterocycles. The van der Waals surface area contributed by atoms with E-state index in [2.05, 4.69) is 54.5 Å². The van der Waals surface area contributed by atoms with Gasteiger partial charge < -0.3 is 25.0 Å². The molecule has 0 spiro atoms. The summed E-state index contributed by atoms with van der Waals surface area (Å²) in [7, 11) is 0. The maximum atomic E-state index is 5.94. The van der Waals surface area contributed by atoms with Crippen molar-refractivity contribution < 1.29 is 9.47 Å². The van der Waals surface area contributed by atoms with Crippen LogP contribution in [0.3, 0.4) is 0 Å². The third-order valence-electron chi connectivity index (χ3n) is 5.04. The fraction of sp³-hybridized carbons (Fsp3) is 0.682. The molecule has 1 aliphatic rings. The van der Waals surface area contributed by atoms with Crippen molar-refractivity contribution in [2.24, 2.45) is 10.9 Å². The van der Waals surface area contributed by atoms with Gasteiger partial charge >= 0.3 is 0 Å². The lowest BCUT2D eigenvalue weighted by atomic mass is 10.1. The van der Waals surface area contributed by atoms with Gasteiger partial charge in [0.05, 0.1) is 13.2 Å². The van der Waals surface area contributed by atoms with Crippen LogP contribution in [0.2, 0.25) is 0 Å². The lowest BCUT2D eigenvalue weighted by Gasteiger charge is -2.17. The van der Waals surface area contributed by atoms with Crippen molar-refractivity contribution >= 4 is 29.9 Å². The molecule has 1 fully saturated rings. The van der Waals surface area contributed by atoms with Crippen molar-refractivity contribution in [1.29, 1.82) is 0 Å². The molecule has 1 unspecified atom stereocenters. The largest absolute Gasteiger partial charge is 0.491 e. The molecule has 2 rings (SSSR count). The molecular weight excluding hydrogens is 479 g/mol. The molecule has 2 N–H and O–H groups in total. The SMILES string of the molecule is CCNC(=NCc1ccc(C)cc1OCCOCC)NCC1CCN(CC)C1.I. The van der Waals surface area contributed by atoms with E-state index in [1.165, 1.54) is 25.1 Å². The standard InChI is InChI=1S/C22H38N4O2.HI/c1-5-23-22(24-15-19-10-11-26(6-2)17-19)25-16-20-9-8-18(4)14-21(20)28-13-12-27-7-3;/h8-9,14,19H,5-7,10-13,15-17H2,1-4H3,(H2,23,24,25);1H. The lowest BCUT2D eigenvalue weighted by molar-refractivity contribution is 0.110. The molecule has 29 heavy (non-hydrogen) atoms. The minimum atomic E-state index is 0. The number of nitrogens with zero attached hydrogens (tertiary/aromatic N) is 2. The van der Waals surface area contributed by atoms with Gasteiger partial charge in [0.1, 0.15) is 12.4 Å². The average Bonchev–Trinajstić information content (AvgIpc) is 3.16. The Morgan fingerprint density at radius 2 is 2.03 bits per heavy atom. The highest BCUT2D eigenvalue weighted by Crippen LogP contribution is 2.21. The topological polar surface area (TPSA) is 58.1 Å². The van der Waals surface area contributed by atoms with E-state index in [0.29, 0.717) is 32.3 Å². The normalized spacial score (nSPS) is 17.1. The van der Waals surface area contributed by atoms with E-state index in [4.69, 9.17) is 14.5 Å². The van der Waals surface area contributed by atoms with Gasteiger partial charge in [0.2, 0.25) is 0 Å². The molecule has 1 aromatic carbocycles. The molecule has 0 radical (unpaired) electrons. The van der Waals surface area contributed by atoms with E-state index >= 15 is 0 Å². The second kappa shape index (κ2) is 14.8. The summed E-state index contributed by atoms with van der Waals surface area (Å²) < 4.78 is 11.3. The summed E-state index contributed by atoms with van der Waals surface area (Å²) in [5, 5.41) is 6.88. The Bertz CT molecular complexity index is 612. The van der Waals surface area contributed by atoms with Crippen LogP contribution in [0.4, 0.5) is 0 Å². The number of likely N-dealkylation sites (tertiary alicyclic amines) is 1. The third kappa shape index (κ3) is 9.53. The van der Waals surface area contributed by atoms with Crippen molar-refractivity contribution in [3.8, 4) is 5.75 Å². The Morgan fingerprint density at radius 3 is 2.72 bits per heavy atom. The predicted molar refractivity (Wildman–Crippen MR) is 132 cm³/mol. The van der Waals surface area contributed by atoms with Gasteiger partial charge in [-0.25, -0.2) is 4.99 Å². The van der Waals surface area contributed by atoms with Gasteiger partial charge in [-0.2, -0.15) is 0 Å². The number of aryl methyl sites for hydroxylation is 1. The number of hydrogen-bond acceptors (Lipinski definition) is 4. The number of hydrogen-bond donors (Lipinski definition) is 2. The molecule has 1 heterocycles. The summed E-state index contributed by atoms with van der Waals surface area (Å²) >= 11 is 0. The summed E-state index contributed by atoms with van der Waals surface area (Å²) in [6.07, 6.45) is 1.26. The van der Waals surface area contributed by atoms with E-state index in [1.54, 1.807) is 0 Å². The minimum absolute atomic E-state index is 0. The first-order valence-electron chi connectivity index (χ1n) is 10.7.